The molecule has 2 atom stereocenters. The van der Waals surface area contributed by atoms with Crippen molar-refractivity contribution in [3.05, 3.63) is 0 Å². The van der Waals surface area contributed by atoms with E-state index in [-0.39, 0.29) is 16.8 Å². The second kappa shape index (κ2) is 5.84. The SMILES string of the molecule is CCCN(C)c1nn(C2CCCC2O)c(N)c1S(C)(=O)=O. The number of sulfone groups is 1. The van der Waals surface area contributed by atoms with Crippen molar-refractivity contribution in [2.45, 2.75) is 49.6 Å². The molecule has 0 bridgehead atoms. The molecular formula is C13H24N4O3S. The van der Waals surface area contributed by atoms with Gasteiger partial charge in [-0.2, -0.15) is 5.10 Å². The van der Waals surface area contributed by atoms with Crippen LogP contribution in [0.3, 0.4) is 0 Å². The predicted molar refractivity (Wildman–Crippen MR) is 82.2 cm³/mol. The van der Waals surface area contributed by atoms with E-state index >= 15 is 0 Å². The zero-order valence-electron chi connectivity index (χ0n) is 12.8. The van der Waals surface area contributed by atoms with Crippen LogP contribution in [0.15, 0.2) is 4.90 Å². The monoisotopic (exact) mass is 316 g/mol. The molecule has 1 aromatic rings. The van der Waals surface area contributed by atoms with E-state index in [0.717, 1.165) is 25.5 Å². The van der Waals surface area contributed by atoms with Crippen molar-refractivity contribution in [1.29, 1.82) is 0 Å². The Hall–Kier alpha value is -1.28. The highest BCUT2D eigenvalue weighted by Crippen LogP contribution is 2.37. The third kappa shape index (κ3) is 3.01. The number of nitrogen functional groups attached to an aromatic ring is 1. The number of nitrogens with two attached hydrogens (primary N) is 1. The molecule has 1 heterocycles. The summed E-state index contributed by atoms with van der Waals surface area (Å²) in [6.45, 7) is 2.70. The molecule has 1 fully saturated rings. The van der Waals surface area contributed by atoms with Gasteiger partial charge in [0.25, 0.3) is 0 Å². The van der Waals surface area contributed by atoms with E-state index in [9.17, 15) is 13.5 Å². The molecule has 1 aliphatic rings. The molecule has 0 spiro atoms. The smallest absolute Gasteiger partial charge is 0.182 e. The highest BCUT2D eigenvalue weighted by molar-refractivity contribution is 7.91. The molecule has 21 heavy (non-hydrogen) atoms. The molecule has 8 heteroatoms. The fraction of sp³-hybridized carbons (Fsp3) is 0.769. The first-order valence-electron chi connectivity index (χ1n) is 7.24. The summed E-state index contributed by atoms with van der Waals surface area (Å²) in [4.78, 5) is 1.86. The average molecular weight is 316 g/mol. The van der Waals surface area contributed by atoms with E-state index in [2.05, 4.69) is 5.10 Å². The first kappa shape index (κ1) is 16.1. The molecule has 2 unspecified atom stereocenters. The van der Waals surface area contributed by atoms with E-state index in [4.69, 9.17) is 5.73 Å². The number of nitrogens with zero attached hydrogens (tertiary/aromatic N) is 3. The van der Waals surface area contributed by atoms with E-state index in [1.54, 1.807) is 11.9 Å². The van der Waals surface area contributed by atoms with Crippen molar-refractivity contribution >= 4 is 21.5 Å². The van der Waals surface area contributed by atoms with Crippen LogP contribution < -0.4 is 10.6 Å². The molecule has 3 N–H and O–H groups in total. The van der Waals surface area contributed by atoms with Gasteiger partial charge >= 0.3 is 0 Å². The van der Waals surface area contributed by atoms with Crippen molar-refractivity contribution in [2.24, 2.45) is 0 Å². The molecule has 1 saturated carbocycles. The zero-order chi connectivity index (χ0) is 15.8. The maximum absolute atomic E-state index is 12.1. The van der Waals surface area contributed by atoms with Crippen LogP contribution in [-0.4, -0.2) is 49.3 Å². The van der Waals surface area contributed by atoms with Gasteiger partial charge in [0, 0.05) is 19.8 Å². The lowest BCUT2D eigenvalue weighted by atomic mass is 10.2. The predicted octanol–water partition coefficient (Wildman–Crippen LogP) is 0.801. The summed E-state index contributed by atoms with van der Waals surface area (Å²) in [5, 5.41) is 14.4. The van der Waals surface area contributed by atoms with Crippen LogP contribution in [0.1, 0.15) is 38.6 Å². The summed E-state index contributed by atoms with van der Waals surface area (Å²) in [5.74, 6) is 0.498. The van der Waals surface area contributed by atoms with Gasteiger partial charge < -0.3 is 15.7 Å². The molecule has 1 aliphatic carbocycles. The first-order valence-corrected chi connectivity index (χ1v) is 9.13. The quantitative estimate of drug-likeness (QED) is 0.833. The second-order valence-electron chi connectivity index (χ2n) is 5.74. The number of aromatic nitrogens is 2. The Balaban J connectivity index is 2.54. The number of aliphatic hydroxyl groups excluding tert-OH is 1. The molecule has 2 rings (SSSR count). The van der Waals surface area contributed by atoms with Crippen LogP contribution in [-0.2, 0) is 9.84 Å². The van der Waals surface area contributed by atoms with Crippen molar-refractivity contribution in [1.82, 2.24) is 9.78 Å². The standard InChI is InChI=1S/C13H24N4O3S/c1-4-8-16(2)13-11(21(3,19)20)12(14)17(15-13)9-6-5-7-10(9)18/h9-10,18H,4-8,14H2,1-3H3. The fourth-order valence-corrected chi connectivity index (χ4v) is 3.93. The minimum absolute atomic E-state index is 0.0672. The van der Waals surface area contributed by atoms with Crippen molar-refractivity contribution < 1.29 is 13.5 Å². The number of anilines is 2. The van der Waals surface area contributed by atoms with Gasteiger partial charge in [-0.05, 0) is 25.7 Å². The maximum atomic E-state index is 12.1. The van der Waals surface area contributed by atoms with E-state index in [0.29, 0.717) is 18.8 Å². The average Bonchev–Trinajstić information content (AvgIpc) is 2.92. The molecule has 0 saturated heterocycles. The van der Waals surface area contributed by atoms with E-state index < -0.39 is 15.9 Å². The number of hydrogen-bond donors (Lipinski definition) is 2. The lowest BCUT2D eigenvalue weighted by molar-refractivity contribution is 0.131. The van der Waals surface area contributed by atoms with Gasteiger partial charge in [-0.25, -0.2) is 13.1 Å². The summed E-state index contributed by atoms with van der Waals surface area (Å²) in [5.41, 5.74) is 6.05. The van der Waals surface area contributed by atoms with Crippen molar-refractivity contribution in [3.63, 3.8) is 0 Å². The first-order chi connectivity index (χ1) is 9.77. The molecule has 0 aliphatic heterocycles. The molecule has 0 radical (unpaired) electrons. The fourth-order valence-electron chi connectivity index (χ4n) is 2.93. The summed E-state index contributed by atoms with van der Waals surface area (Å²) < 4.78 is 25.6. The van der Waals surface area contributed by atoms with Gasteiger partial charge in [-0.15, -0.1) is 0 Å². The second-order valence-corrected chi connectivity index (χ2v) is 7.69. The van der Waals surface area contributed by atoms with Crippen LogP contribution in [0.25, 0.3) is 0 Å². The third-order valence-electron chi connectivity index (χ3n) is 3.93. The van der Waals surface area contributed by atoms with Crippen LogP contribution in [0, 0.1) is 0 Å². The number of rotatable bonds is 5. The minimum atomic E-state index is -3.49. The van der Waals surface area contributed by atoms with Crippen molar-refractivity contribution in [3.8, 4) is 0 Å². The molecule has 0 amide bonds. The number of hydrogen-bond acceptors (Lipinski definition) is 6. The number of aliphatic hydroxyl groups is 1. The Morgan fingerprint density at radius 1 is 1.48 bits per heavy atom. The molecule has 1 aromatic heterocycles. The van der Waals surface area contributed by atoms with Crippen LogP contribution in [0.4, 0.5) is 11.6 Å². The van der Waals surface area contributed by atoms with E-state index in [1.165, 1.54) is 4.68 Å². The Labute approximate surface area is 125 Å². The van der Waals surface area contributed by atoms with Gasteiger partial charge in [0.05, 0.1) is 12.1 Å². The minimum Gasteiger partial charge on any atom is -0.391 e. The van der Waals surface area contributed by atoms with Gasteiger partial charge in [-0.3, -0.25) is 0 Å². The third-order valence-corrected chi connectivity index (χ3v) is 5.07. The van der Waals surface area contributed by atoms with Crippen LogP contribution in [0.2, 0.25) is 0 Å². The molecule has 120 valence electrons. The highest BCUT2D eigenvalue weighted by Gasteiger charge is 2.34. The maximum Gasteiger partial charge on any atom is 0.182 e. The Kier molecular flexibility index (Phi) is 4.48. The lowest BCUT2D eigenvalue weighted by Crippen LogP contribution is -2.22. The van der Waals surface area contributed by atoms with Gasteiger partial charge in [0.15, 0.2) is 20.6 Å². The highest BCUT2D eigenvalue weighted by atomic mass is 32.2. The molecular weight excluding hydrogens is 292 g/mol. The topological polar surface area (TPSA) is 101 Å². The Bertz CT molecular complexity index is 611. The molecule has 7 nitrogen and oxygen atoms in total. The summed E-state index contributed by atoms with van der Waals surface area (Å²) in [6.07, 6.45) is 3.83. The van der Waals surface area contributed by atoms with Gasteiger partial charge in [-0.1, -0.05) is 6.92 Å². The lowest BCUT2D eigenvalue weighted by Gasteiger charge is -2.17. The van der Waals surface area contributed by atoms with Crippen LogP contribution in [0.5, 0.6) is 0 Å². The largest absolute Gasteiger partial charge is 0.391 e. The van der Waals surface area contributed by atoms with Crippen molar-refractivity contribution in [2.75, 3.05) is 30.5 Å². The Morgan fingerprint density at radius 3 is 2.62 bits per heavy atom. The normalized spacial score (nSPS) is 22.7. The summed E-state index contributed by atoms with van der Waals surface area (Å²) in [7, 11) is -1.68. The summed E-state index contributed by atoms with van der Waals surface area (Å²) in [6, 6.07) is -0.241. The van der Waals surface area contributed by atoms with Gasteiger partial charge in [0.2, 0.25) is 0 Å². The molecule has 0 aromatic carbocycles. The Morgan fingerprint density at radius 2 is 2.14 bits per heavy atom. The van der Waals surface area contributed by atoms with E-state index in [1.807, 2.05) is 6.92 Å². The van der Waals surface area contributed by atoms with Crippen LogP contribution >= 0.6 is 0 Å². The summed E-state index contributed by atoms with van der Waals surface area (Å²) >= 11 is 0. The zero-order valence-corrected chi connectivity index (χ0v) is 13.6. The van der Waals surface area contributed by atoms with Gasteiger partial charge in [0.1, 0.15) is 5.82 Å².